The van der Waals surface area contributed by atoms with Crippen LogP contribution in [0.2, 0.25) is 0 Å². The van der Waals surface area contributed by atoms with Gasteiger partial charge in [0.15, 0.2) is 0 Å². The minimum Gasteiger partial charge on any atom is -0.359 e. The Morgan fingerprint density at radius 3 is 2.30 bits per heavy atom. The minimum atomic E-state index is 1.10. The molecule has 0 aromatic carbocycles. The number of hydrogen-bond acceptors (Lipinski definition) is 0. The lowest BCUT2D eigenvalue weighted by molar-refractivity contribution is 1.23. The van der Waals surface area contributed by atoms with Gasteiger partial charge < -0.3 is 4.98 Å². The first-order valence-electron chi connectivity index (χ1n) is 3.43. The molecule has 0 radical (unpaired) electrons. The van der Waals surface area contributed by atoms with Gasteiger partial charge in [-0.2, -0.15) is 0 Å². The molecule has 1 heterocycles. The molecule has 0 amide bonds. The number of aryl methyl sites for hydroxylation is 2. The van der Waals surface area contributed by atoms with Crippen molar-refractivity contribution >= 4 is 5.57 Å². The summed E-state index contributed by atoms with van der Waals surface area (Å²) in [5, 5.41) is 0. The molecular formula is C9H13N. The van der Waals surface area contributed by atoms with E-state index in [0.29, 0.717) is 0 Å². The van der Waals surface area contributed by atoms with E-state index in [9.17, 15) is 0 Å². The molecule has 1 aromatic heterocycles. The van der Waals surface area contributed by atoms with E-state index >= 15 is 0 Å². The summed E-state index contributed by atoms with van der Waals surface area (Å²) in [6.45, 7) is 10.0. The minimum absolute atomic E-state index is 1.10. The number of nitrogens with one attached hydrogen (secondary N) is 1. The molecule has 0 aliphatic carbocycles. The molecule has 1 rings (SSSR count). The normalized spacial score (nSPS) is 9.90. The van der Waals surface area contributed by atoms with Gasteiger partial charge in [-0.15, -0.1) is 0 Å². The summed E-state index contributed by atoms with van der Waals surface area (Å²) in [5.74, 6) is 0. The predicted octanol–water partition coefficient (Wildman–Crippen LogP) is 2.66. The number of aromatic amines is 1. The topological polar surface area (TPSA) is 15.8 Å². The molecule has 0 aliphatic rings. The summed E-state index contributed by atoms with van der Waals surface area (Å²) in [5.41, 5.74) is 4.77. The van der Waals surface area contributed by atoms with E-state index in [0.717, 1.165) is 5.57 Å². The zero-order valence-electron chi connectivity index (χ0n) is 6.78. The summed E-state index contributed by atoms with van der Waals surface area (Å²) in [7, 11) is 0. The van der Waals surface area contributed by atoms with Gasteiger partial charge in [0.25, 0.3) is 0 Å². The maximum absolute atomic E-state index is 3.87. The molecule has 1 nitrogen and oxygen atoms in total. The Hall–Kier alpha value is -0.980. The van der Waals surface area contributed by atoms with Gasteiger partial charge in [-0.3, -0.25) is 0 Å². The molecule has 0 aliphatic heterocycles. The smallest absolute Gasteiger partial charge is 0.0435 e. The number of allylic oxidation sites excluding steroid dienone is 1. The van der Waals surface area contributed by atoms with Crippen LogP contribution in [0.1, 0.15) is 23.9 Å². The van der Waals surface area contributed by atoms with Crippen LogP contribution in [0, 0.1) is 13.8 Å². The summed E-state index contributed by atoms with van der Waals surface area (Å²) in [6.07, 6.45) is 0. The van der Waals surface area contributed by atoms with Gasteiger partial charge in [0.05, 0.1) is 0 Å². The Morgan fingerprint density at radius 2 is 2.10 bits per heavy atom. The fraction of sp³-hybridized carbons (Fsp3) is 0.333. The summed E-state index contributed by atoms with van der Waals surface area (Å²) >= 11 is 0. The molecule has 0 bridgehead atoms. The Bertz CT molecular complexity index is 256. The largest absolute Gasteiger partial charge is 0.359 e. The fourth-order valence-corrected chi connectivity index (χ4v) is 1.17. The van der Waals surface area contributed by atoms with E-state index in [-0.39, 0.29) is 0 Å². The van der Waals surface area contributed by atoms with E-state index < -0.39 is 0 Å². The third-order valence-corrected chi connectivity index (χ3v) is 1.58. The Balaban J connectivity index is 3.15. The first kappa shape index (κ1) is 7.13. The highest BCUT2D eigenvalue weighted by atomic mass is 14.7. The van der Waals surface area contributed by atoms with Crippen LogP contribution in [0.25, 0.3) is 5.57 Å². The fourth-order valence-electron chi connectivity index (χ4n) is 1.17. The highest BCUT2D eigenvalue weighted by molar-refractivity contribution is 5.61. The quantitative estimate of drug-likeness (QED) is 0.609. The molecular weight excluding hydrogens is 122 g/mol. The standard InChI is InChI=1S/C9H13N/c1-6(2)9-7(3)5-8(4)10-9/h5,10H,1H2,2-4H3. The van der Waals surface area contributed by atoms with Crippen molar-refractivity contribution in [3.8, 4) is 0 Å². The summed E-state index contributed by atoms with van der Waals surface area (Å²) in [4.78, 5) is 3.24. The first-order valence-corrected chi connectivity index (χ1v) is 3.43. The van der Waals surface area contributed by atoms with Crippen LogP contribution in [-0.4, -0.2) is 4.98 Å². The van der Waals surface area contributed by atoms with E-state index in [2.05, 4.69) is 31.5 Å². The lowest BCUT2D eigenvalue weighted by Crippen LogP contribution is -1.79. The molecule has 10 heavy (non-hydrogen) atoms. The van der Waals surface area contributed by atoms with Crippen molar-refractivity contribution < 1.29 is 0 Å². The van der Waals surface area contributed by atoms with Crippen LogP contribution in [0.15, 0.2) is 12.6 Å². The molecule has 1 heteroatoms. The van der Waals surface area contributed by atoms with Gasteiger partial charge >= 0.3 is 0 Å². The highest BCUT2D eigenvalue weighted by Crippen LogP contribution is 2.15. The summed E-state index contributed by atoms with van der Waals surface area (Å²) in [6, 6.07) is 2.13. The van der Waals surface area contributed by atoms with Gasteiger partial charge in [0, 0.05) is 11.4 Å². The van der Waals surface area contributed by atoms with E-state index in [1.54, 1.807) is 0 Å². The first-order chi connectivity index (χ1) is 4.61. The zero-order valence-corrected chi connectivity index (χ0v) is 6.78. The van der Waals surface area contributed by atoms with Crippen LogP contribution in [-0.2, 0) is 0 Å². The Labute approximate surface area is 61.8 Å². The zero-order chi connectivity index (χ0) is 7.72. The van der Waals surface area contributed by atoms with Gasteiger partial charge in [-0.1, -0.05) is 6.58 Å². The average molecular weight is 135 g/mol. The van der Waals surface area contributed by atoms with Crippen molar-refractivity contribution in [2.24, 2.45) is 0 Å². The number of aromatic nitrogens is 1. The van der Waals surface area contributed by atoms with Crippen LogP contribution in [0.5, 0.6) is 0 Å². The van der Waals surface area contributed by atoms with Crippen molar-refractivity contribution in [3.05, 3.63) is 29.6 Å². The van der Waals surface area contributed by atoms with Crippen LogP contribution in [0.4, 0.5) is 0 Å². The Kier molecular flexibility index (Phi) is 1.66. The molecule has 0 saturated heterocycles. The maximum atomic E-state index is 3.87. The van der Waals surface area contributed by atoms with Crippen LogP contribution >= 0.6 is 0 Å². The van der Waals surface area contributed by atoms with Gasteiger partial charge in [-0.25, -0.2) is 0 Å². The second-order valence-corrected chi connectivity index (χ2v) is 2.79. The number of H-pyrrole nitrogens is 1. The van der Waals surface area contributed by atoms with Crippen molar-refractivity contribution in [1.82, 2.24) is 4.98 Å². The second kappa shape index (κ2) is 2.33. The third kappa shape index (κ3) is 1.13. The van der Waals surface area contributed by atoms with Crippen molar-refractivity contribution in [2.45, 2.75) is 20.8 Å². The lowest BCUT2D eigenvalue weighted by Gasteiger charge is -1.95. The van der Waals surface area contributed by atoms with Gasteiger partial charge in [0.2, 0.25) is 0 Å². The molecule has 1 N–H and O–H groups in total. The lowest BCUT2D eigenvalue weighted by atomic mass is 10.2. The average Bonchev–Trinajstić information content (AvgIpc) is 2.10. The van der Waals surface area contributed by atoms with Crippen molar-refractivity contribution in [3.63, 3.8) is 0 Å². The van der Waals surface area contributed by atoms with E-state index in [1.807, 2.05) is 6.92 Å². The number of rotatable bonds is 1. The van der Waals surface area contributed by atoms with Crippen molar-refractivity contribution in [1.29, 1.82) is 0 Å². The molecule has 1 aromatic rings. The molecule has 0 unspecified atom stereocenters. The highest BCUT2D eigenvalue weighted by Gasteiger charge is 2.00. The van der Waals surface area contributed by atoms with E-state index in [1.165, 1.54) is 17.0 Å². The van der Waals surface area contributed by atoms with Gasteiger partial charge in [-0.05, 0) is 38.0 Å². The molecule has 0 spiro atoms. The third-order valence-electron chi connectivity index (χ3n) is 1.58. The van der Waals surface area contributed by atoms with Crippen molar-refractivity contribution in [2.75, 3.05) is 0 Å². The molecule has 0 saturated carbocycles. The van der Waals surface area contributed by atoms with Gasteiger partial charge in [0.1, 0.15) is 0 Å². The second-order valence-electron chi connectivity index (χ2n) is 2.79. The molecule has 54 valence electrons. The number of hydrogen-bond donors (Lipinski definition) is 1. The SMILES string of the molecule is C=C(C)c1[nH]c(C)cc1C. The van der Waals surface area contributed by atoms with Crippen LogP contribution in [0.3, 0.4) is 0 Å². The summed E-state index contributed by atoms with van der Waals surface area (Å²) < 4.78 is 0. The predicted molar refractivity (Wildman–Crippen MR) is 45.0 cm³/mol. The monoisotopic (exact) mass is 135 g/mol. The molecule has 0 fully saturated rings. The maximum Gasteiger partial charge on any atom is 0.0435 e. The van der Waals surface area contributed by atoms with E-state index in [4.69, 9.17) is 0 Å². The Morgan fingerprint density at radius 1 is 1.50 bits per heavy atom. The van der Waals surface area contributed by atoms with Crippen LogP contribution < -0.4 is 0 Å². The molecule has 0 atom stereocenters.